The van der Waals surface area contributed by atoms with E-state index in [1.54, 1.807) is 0 Å². The zero-order valence-electron chi connectivity index (χ0n) is 17.4. The lowest BCUT2D eigenvalue weighted by Crippen LogP contribution is -1.90. The third-order valence-electron chi connectivity index (χ3n) is 5.37. The van der Waals surface area contributed by atoms with E-state index in [0.717, 1.165) is 28.1 Å². The van der Waals surface area contributed by atoms with E-state index in [-0.39, 0.29) is 0 Å². The van der Waals surface area contributed by atoms with Crippen molar-refractivity contribution in [3.63, 3.8) is 0 Å². The number of nitrogens with zero attached hydrogens (tertiary/aromatic N) is 2. The molecule has 0 amide bonds. The summed E-state index contributed by atoms with van der Waals surface area (Å²) < 4.78 is 0. The minimum absolute atomic E-state index is 0.956. The largest absolute Gasteiger partial charge is 0.256 e. The number of hydrogen-bond acceptors (Lipinski definition) is 2. The van der Waals surface area contributed by atoms with E-state index in [0.29, 0.717) is 0 Å². The monoisotopic (exact) mass is 398 g/mol. The molecule has 0 saturated carbocycles. The fraction of sp³-hybridized carbons (Fsp3) is 0.0345. The molecule has 5 rings (SSSR count). The van der Waals surface area contributed by atoms with Gasteiger partial charge in [-0.1, -0.05) is 54.6 Å². The van der Waals surface area contributed by atoms with Gasteiger partial charge in [0.1, 0.15) is 0 Å². The SMILES string of the molecule is Cc1cc(-c2ccccc2)cc(-c2cc(-c3ccccn3)cc(-c3ccccn3)c2)c1. The summed E-state index contributed by atoms with van der Waals surface area (Å²) in [5, 5.41) is 0. The van der Waals surface area contributed by atoms with Gasteiger partial charge in [-0.3, -0.25) is 9.97 Å². The molecule has 31 heavy (non-hydrogen) atoms. The molecule has 148 valence electrons. The summed E-state index contributed by atoms with van der Waals surface area (Å²) in [5.41, 5.74) is 10.1. The number of aromatic nitrogens is 2. The molecule has 0 aliphatic rings. The second-order valence-electron chi connectivity index (χ2n) is 7.68. The quantitative estimate of drug-likeness (QED) is 0.314. The zero-order chi connectivity index (χ0) is 21.0. The number of hydrogen-bond donors (Lipinski definition) is 0. The van der Waals surface area contributed by atoms with Crippen LogP contribution < -0.4 is 0 Å². The number of benzene rings is 3. The Balaban J connectivity index is 1.70. The van der Waals surface area contributed by atoms with Gasteiger partial charge in [0, 0.05) is 23.5 Å². The Morgan fingerprint density at radius 3 is 1.42 bits per heavy atom. The Labute approximate surface area is 182 Å². The van der Waals surface area contributed by atoms with Gasteiger partial charge in [0.05, 0.1) is 11.4 Å². The normalized spacial score (nSPS) is 10.7. The summed E-state index contributed by atoms with van der Waals surface area (Å²) in [6.45, 7) is 2.15. The van der Waals surface area contributed by atoms with E-state index in [2.05, 4.69) is 83.6 Å². The summed E-state index contributed by atoms with van der Waals surface area (Å²) >= 11 is 0. The molecule has 2 heteroatoms. The van der Waals surface area contributed by atoms with Crippen LogP contribution in [0.15, 0.2) is 116 Å². The molecule has 0 unspecified atom stereocenters. The molecule has 0 fully saturated rings. The van der Waals surface area contributed by atoms with Crippen LogP contribution in [0.3, 0.4) is 0 Å². The third-order valence-corrected chi connectivity index (χ3v) is 5.37. The first-order valence-electron chi connectivity index (χ1n) is 10.4. The van der Waals surface area contributed by atoms with Crippen LogP contribution in [-0.2, 0) is 0 Å². The van der Waals surface area contributed by atoms with Gasteiger partial charge in [-0.15, -0.1) is 0 Å². The van der Waals surface area contributed by atoms with E-state index in [4.69, 9.17) is 0 Å². The Bertz CT molecular complexity index is 1250. The standard InChI is InChI=1S/C29H22N2/c1-21-15-23(22-9-3-2-4-10-22)17-24(16-21)25-18-26(28-11-5-7-13-30-28)20-27(19-25)29-12-6-8-14-31-29/h2-20H,1H3. The smallest absolute Gasteiger partial charge is 0.0702 e. The van der Waals surface area contributed by atoms with Crippen molar-refractivity contribution >= 4 is 0 Å². The first kappa shape index (κ1) is 19.0. The van der Waals surface area contributed by atoms with E-state index in [1.807, 2.05) is 48.8 Å². The predicted octanol–water partition coefficient (Wildman–Crippen LogP) is 7.45. The average Bonchev–Trinajstić information content (AvgIpc) is 2.85. The Kier molecular flexibility index (Phi) is 5.12. The number of pyridine rings is 2. The lowest BCUT2D eigenvalue weighted by atomic mass is 9.93. The van der Waals surface area contributed by atoms with Gasteiger partial charge in [0.2, 0.25) is 0 Å². The zero-order valence-corrected chi connectivity index (χ0v) is 17.4. The van der Waals surface area contributed by atoms with Crippen LogP contribution in [0.1, 0.15) is 5.56 Å². The first-order valence-corrected chi connectivity index (χ1v) is 10.4. The van der Waals surface area contributed by atoms with Gasteiger partial charge in [0.25, 0.3) is 0 Å². The first-order chi connectivity index (χ1) is 15.3. The molecule has 2 heterocycles. The van der Waals surface area contributed by atoms with Gasteiger partial charge >= 0.3 is 0 Å². The van der Waals surface area contributed by atoms with Gasteiger partial charge < -0.3 is 0 Å². The Hall–Kier alpha value is -4.04. The summed E-state index contributed by atoms with van der Waals surface area (Å²) in [5.74, 6) is 0. The van der Waals surface area contributed by atoms with E-state index in [9.17, 15) is 0 Å². The van der Waals surface area contributed by atoms with Crippen molar-refractivity contribution in [2.75, 3.05) is 0 Å². The average molecular weight is 399 g/mol. The predicted molar refractivity (Wildman–Crippen MR) is 129 cm³/mol. The van der Waals surface area contributed by atoms with Crippen LogP contribution in [0.25, 0.3) is 44.8 Å². The summed E-state index contributed by atoms with van der Waals surface area (Å²) in [6, 6.07) is 35.9. The van der Waals surface area contributed by atoms with Gasteiger partial charge in [-0.2, -0.15) is 0 Å². The Morgan fingerprint density at radius 1 is 0.419 bits per heavy atom. The molecule has 0 spiro atoms. The minimum atomic E-state index is 0.956. The van der Waals surface area contributed by atoms with Crippen LogP contribution in [0, 0.1) is 6.92 Å². The van der Waals surface area contributed by atoms with E-state index < -0.39 is 0 Å². The lowest BCUT2D eigenvalue weighted by molar-refractivity contribution is 1.31. The van der Waals surface area contributed by atoms with Crippen molar-refractivity contribution in [2.45, 2.75) is 6.92 Å². The number of rotatable bonds is 4. The van der Waals surface area contributed by atoms with Gasteiger partial charge in [0.15, 0.2) is 0 Å². The third kappa shape index (κ3) is 4.15. The van der Waals surface area contributed by atoms with Crippen molar-refractivity contribution < 1.29 is 0 Å². The highest BCUT2D eigenvalue weighted by atomic mass is 14.7. The molecular formula is C29H22N2. The lowest BCUT2D eigenvalue weighted by Gasteiger charge is -2.12. The molecule has 0 radical (unpaired) electrons. The molecule has 5 aromatic rings. The van der Waals surface area contributed by atoms with Crippen LogP contribution in [0.5, 0.6) is 0 Å². The highest BCUT2D eigenvalue weighted by Gasteiger charge is 2.10. The molecule has 3 aromatic carbocycles. The summed E-state index contributed by atoms with van der Waals surface area (Å²) in [6.07, 6.45) is 3.67. The van der Waals surface area contributed by atoms with Crippen LogP contribution in [-0.4, -0.2) is 9.97 Å². The summed E-state index contributed by atoms with van der Waals surface area (Å²) in [4.78, 5) is 9.16. The second kappa shape index (κ2) is 8.37. The Morgan fingerprint density at radius 2 is 0.871 bits per heavy atom. The number of aryl methyl sites for hydroxylation is 1. The topological polar surface area (TPSA) is 25.8 Å². The molecule has 0 aliphatic heterocycles. The second-order valence-corrected chi connectivity index (χ2v) is 7.68. The fourth-order valence-corrected chi connectivity index (χ4v) is 3.90. The summed E-state index contributed by atoms with van der Waals surface area (Å²) in [7, 11) is 0. The van der Waals surface area contributed by atoms with Crippen molar-refractivity contribution in [1.82, 2.24) is 9.97 Å². The van der Waals surface area contributed by atoms with E-state index >= 15 is 0 Å². The van der Waals surface area contributed by atoms with Gasteiger partial charge in [-0.25, -0.2) is 0 Å². The molecule has 0 atom stereocenters. The van der Waals surface area contributed by atoms with Crippen molar-refractivity contribution in [3.8, 4) is 44.8 Å². The van der Waals surface area contributed by atoms with E-state index in [1.165, 1.54) is 22.3 Å². The van der Waals surface area contributed by atoms with Crippen molar-refractivity contribution in [3.05, 3.63) is 121 Å². The van der Waals surface area contributed by atoms with Crippen LogP contribution in [0.2, 0.25) is 0 Å². The maximum Gasteiger partial charge on any atom is 0.0702 e. The molecule has 0 aliphatic carbocycles. The maximum atomic E-state index is 4.58. The maximum absolute atomic E-state index is 4.58. The molecule has 2 nitrogen and oxygen atoms in total. The van der Waals surface area contributed by atoms with Crippen molar-refractivity contribution in [1.29, 1.82) is 0 Å². The fourth-order valence-electron chi connectivity index (χ4n) is 3.90. The highest BCUT2D eigenvalue weighted by molar-refractivity contribution is 5.81. The molecule has 0 N–H and O–H groups in total. The molecule has 0 saturated heterocycles. The van der Waals surface area contributed by atoms with Crippen LogP contribution >= 0.6 is 0 Å². The van der Waals surface area contributed by atoms with Crippen LogP contribution in [0.4, 0.5) is 0 Å². The van der Waals surface area contributed by atoms with Crippen molar-refractivity contribution in [2.24, 2.45) is 0 Å². The molecule has 2 aromatic heterocycles. The highest BCUT2D eigenvalue weighted by Crippen LogP contribution is 2.34. The molecular weight excluding hydrogens is 376 g/mol. The minimum Gasteiger partial charge on any atom is -0.256 e. The van der Waals surface area contributed by atoms with Gasteiger partial charge in [-0.05, 0) is 83.3 Å². The molecule has 0 bridgehead atoms.